The Kier molecular flexibility index (Phi) is 8.24. The van der Waals surface area contributed by atoms with Crippen molar-refractivity contribution in [3.05, 3.63) is 83.4 Å². The Labute approximate surface area is 206 Å². The summed E-state index contributed by atoms with van der Waals surface area (Å²) in [5.74, 6) is -2.96. The summed E-state index contributed by atoms with van der Waals surface area (Å²) in [7, 11) is -3.98. The highest BCUT2D eigenvalue weighted by molar-refractivity contribution is 7.99. The number of carbonyl (C=O) groups is 1. The van der Waals surface area contributed by atoms with Crippen molar-refractivity contribution < 1.29 is 22.0 Å². The summed E-state index contributed by atoms with van der Waals surface area (Å²) in [6.07, 6.45) is 0. The van der Waals surface area contributed by atoms with Gasteiger partial charge < -0.3 is 5.32 Å². The lowest BCUT2D eigenvalue weighted by Gasteiger charge is -2.14. The molecule has 0 aliphatic heterocycles. The first-order valence-electron chi connectivity index (χ1n) is 9.91. The van der Waals surface area contributed by atoms with E-state index in [0.717, 1.165) is 5.56 Å². The van der Waals surface area contributed by atoms with Gasteiger partial charge in [0.25, 0.3) is 21.7 Å². The average molecular weight is 522 g/mol. The monoisotopic (exact) mass is 521 g/mol. The number of hydrogen-bond acceptors (Lipinski definition) is 5. The van der Waals surface area contributed by atoms with Crippen molar-refractivity contribution in [3.8, 4) is 0 Å². The number of amides is 1. The third-order valence-corrected chi connectivity index (χ3v) is 7.06. The molecule has 0 spiro atoms. The molecular formula is C23H21F2N3O3S3. The Hall–Kier alpha value is -3.02. The maximum absolute atomic E-state index is 12.9. The maximum atomic E-state index is 12.9. The van der Waals surface area contributed by atoms with Crippen molar-refractivity contribution in [2.24, 2.45) is 0 Å². The van der Waals surface area contributed by atoms with Crippen LogP contribution >= 0.6 is 24.0 Å². The van der Waals surface area contributed by atoms with Gasteiger partial charge in [0.2, 0.25) is 0 Å². The molecule has 0 fully saturated rings. The first kappa shape index (κ1) is 25.6. The van der Waals surface area contributed by atoms with Gasteiger partial charge in [-0.2, -0.15) is 8.78 Å². The predicted molar refractivity (Wildman–Crippen MR) is 135 cm³/mol. The number of nitrogens with one attached hydrogen (secondary N) is 3. The fourth-order valence-electron chi connectivity index (χ4n) is 2.92. The largest absolute Gasteiger partial charge is 0.332 e. The molecule has 3 rings (SSSR count). The van der Waals surface area contributed by atoms with E-state index in [4.69, 9.17) is 12.2 Å². The van der Waals surface area contributed by atoms with Gasteiger partial charge in [0.1, 0.15) is 0 Å². The van der Waals surface area contributed by atoms with Gasteiger partial charge in [-0.05, 0) is 80.2 Å². The predicted octanol–water partition coefficient (Wildman–Crippen LogP) is 5.55. The van der Waals surface area contributed by atoms with Crippen LogP contribution in [0, 0.1) is 13.8 Å². The maximum Gasteiger partial charge on any atom is 0.288 e. The Bertz CT molecular complexity index is 1300. The molecule has 3 aromatic rings. The zero-order valence-corrected chi connectivity index (χ0v) is 20.6. The van der Waals surface area contributed by atoms with E-state index in [1.54, 1.807) is 43.3 Å². The number of halogens is 2. The first-order valence-corrected chi connectivity index (χ1v) is 12.7. The second kappa shape index (κ2) is 10.9. The van der Waals surface area contributed by atoms with Crippen LogP contribution in [0.4, 0.5) is 20.2 Å². The van der Waals surface area contributed by atoms with Crippen molar-refractivity contribution in [1.29, 1.82) is 0 Å². The molecular weight excluding hydrogens is 500 g/mol. The lowest BCUT2D eigenvalue weighted by atomic mass is 10.1. The highest BCUT2D eigenvalue weighted by Crippen LogP contribution is 2.28. The molecule has 0 bridgehead atoms. The summed E-state index contributed by atoms with van der Waals surface area (Å²) in [5.41, 5.74) is 2.53. The van der Waals surface area contributed by atoms with Gasteiger partial charge in [0.05, 0.1) is 4.90 Å². The van der Waals surface area contributed by atoms with E-state index < -0.39 is 21.7 Å². The highest BCUT2D eigenvalue weighted by atomic mass is 32.2. The number of anilines is 2. The Morgan fingerprint density at radius 3 is 2.18 bits per heavy atom. The zero-order chi connectivity index (χ0) is 24.9. The molecule has 0 unspecified atom stereocenters. The number of rotatable bonds is 7. The Balaban J connectivity index is 1.71. The molecule has 3 aromatic carbocycles. The van der Waals surface area contributed by atoms with Crippen LogP contribution < -0.4 is 15.4 Å². The van der Waals surface area contributed by atoms with Crippen molar-refractivity contribution in [2.45, 2.75) is 29.4 Å². The zero-order valence-electron chi connectivity index (χ0n) is 18.1. The van der Waals surface area contributed by atoms with Gasteiger partial charge in [0, 0.05) is 21.8 Å². The molecule has 6 nitrogen and oxygen atoms in total. The lowest BCUT2D eigenvalue weighted by Crippen LogP contribution is -2.34. The summed E-state index contributed by atoms with van der Waals surface area (Å²) in [4.78, 5) is 12.7. The number of thioether (sulfide) groups is 1. The first-order chi connectivity index (χ1) is 16.0. The molecule has 11 heteroatoms. The van der Waals surface area contributed by atoms with Crippen LogP contribution in [0.2, 0.25) is 0 Å². The molecule has 0 aliphatic rings. The van der Waals surface area contributed by atoms with Crippen LogP contribution in [0.5, 0.6) is 0 Å². The molecule has 0 atom stereocenters. The van der Waals surface area contributed by atoms with E-state index in [2.05, 4.69) is 15.4 Å². The smallest absolute Gasteiger partial charge is 0.288 e. The highest BCUT2D eigenvalue weighted by Gasteiger charge is 2.18. The number of thiocarbonyl (C=S) groups is 1. The number of sulfonamides is 1. The van der Waals surface area contributed by atoms with Crippen molar-refractivity contribution in [3.63, 3.8) is 0 Å². The van der Waals surface area contributed by atoms with Gasteiger partial charge in [-0.25, -0.2) is 8.42 Å². The van der Waals surface area contributed by atoms with Crippen LogP contribution in [-0.2, 0) is 10.0 Å². The molecule has 34 heavy (non-hydrogen) atoms. The molecule has 0 aliphatic carbocycles. The van der Waals surface area contributed by atoms with E-state index >= 15 is 0 Å². The normalized spacial score (nSPS) is 11.2. The minimum absolute atomic E-state index is 0.00352. The van der Waals surface area contributed by atoms with Crippen LogP contribution in [0.1, 0.15) is 21.5 Å². The lowest BCUT2D eigenvalue weighted by molar-refractivity contribution is 0.0977. The quantitative estimate of drug-likeness (QED) is 0.279. The summed E-state index contributed by atoms with van der Waals surface area (Å²) in [5, 5.41) is 5.39. The third-order valence-electron chi connectivity index (χ3n) is 4.61. The molecule has 178 valence electrons. The van der Waals surface area contributed by atoms with Gasteiger partial charge in [-0.1, -0.05) is 35.5 Å². The fraction of sp³-hybridized carbons (Fsp3) is 0.130. The average Bonchev–Trinajstić information content (AvgIpc) is 2.76. The molecule has 0 aromatic heterocycles. The number of hydrogen-bond donors (Lipinski definition) is 3. The van der Waals surface area contributed by atoms with E-state index in [0.29, 0.717) is 33.5 Å². The van der Waals surface area contributed by atoms with Crippen molar-refractivity contribution in [2.75, 3.05) is 10.0 Å². The van der Waals surface area contributed by atoms with Gasteiger partial charge in [-0.3, -0.25) is 14.8 Å². The van der Waals surface area contributed by atoms with Gasteiger partial charge >= 0.3 is 0 Å². The standard InChI is InChI=1S/C23H21F2N3O3S3/c1-14-3-6-16(7-4-14)21(29)27-23(32)26-18-8-5-15(2)20(13-18)34(30,31)28-17-9-11-19(12-10-17)33-22(24)25/h3-13,22,28H,1-2H3,(H2,26,27,29,32). The van der Waals surface area contributed by atoms with Gasteiger partial charge in [-0.15, -0.1) is 0 Å². The number of aryl methyl sites for hydroxylation is 2. The Morgan fingerprint density at radius 1 is 0.941 bits per heavy atom. The van der Waals surface area contributed by atoms with Crippen LogP contribution in [0.3, 0.4) is 0 Å². The molecule has 0 radical (unpaired) electrons. The summed E-state index contributed by atoms with van der Waals surface area (Å²) >= 11 is 5.56. The van der Waals surface area contributed by atoms with E-state index in [-0.39, 0.29) is 15.7 Å². The summed E-state index contributed by atoms with van der Waals surface area (Å²) < 4.78 is 53.3. The van der Waals surface area contributed by atoms with E-state index in [1.165, 1.54) is 30.3 Å². The van der Waals surface area contributed by atoms with Crippen LogP contribution in [-0.4, -0.2) is 25.2 Å². The Morgan fingerprint density at radius 2 is 1.56 bits per heavy atom. The van der Waals surface area contributed by atoms with Crippen LogP contribution in [0.15, 0.2) is 76.5 Å². The number of carbonyl (C=O) groups excluding carboxylic acids is 1. The topological polar surface area (TPSA) is 87.3 Å². The summed E-state index contributed by atoms with van der Waals surface area (Å²) in [6.45, 7) is 3.55. The second-order valence-corrected chi connectivity index (χ2v) is 10.4. The molecule has 0 saturated carbocycles. The number of benzene rings is 3. The third kappa shape index (κ3) is 6.99. The molecule has 0 heterocycles. The minimum Gasteiger partial charge on any atom is -0.332 e. The SMILES string of the molecule is Cc1ccc(C(=O)NC(=S)Nc2ccc(C)c(S(=O)(=O)Nc3ccc(SC(F)F)cc3)c2)cc1. The number of alkyl halides is 2. The second-order valence-electron chi connectivity index (χ2n) is 7.26. The molecule has 1 amide bonds. The minimum atomic E-state index is -3.98. The van der Waals surface area contributed by atoms with Gasteiger partial charge in [0.15, 0.2) is 5.11 Å². The van der Waals surface area contributed by atoms with Crippen molar-refractivity contribution >= 4 is 56.4 Å². The van der Waals surface area contributed by atoms with E-state index in [9.17, 15) is 22.0 Å². The van der Waals surface area contributed by atoms with Crippen LogP contribution in [0.25, 0.3) is 0 Å². The van der Waals surface area contributed by atoms with Crippen molar-refractivity contribution in [1.82, 2.24) is 5.32 Å². The van der Waals surface area contributed by atoms with E-state index in [1.807, 2.05) is 6.92 Å². The summed E-state index contributed by atoms with van der Waals surface area (Å²) in [6, 6.07) is 17.2. The molecule has 3 N–H and O–H groups in total. The fourth-order valence-corrected chi connectivity index (χ4v) is 4.96. The molecule has 0 saturated heterocycles.